The van der Waals surface area contributed by atoms with Crippen LogP contribution in [0.5, 0.6) is 0 Å². The fourth-order valence-electron chi connectivity index (χ4n) is 1.97. The van der Waals surface area contributed by atoms with Crippen LogP contribution in [0.1, 0.15) is 29.5 Å². The molecule has 0 bridgehead atoms. The number of aryl methyl sites for hydroxylation is 2. The number of hydrogen-bond acceptors (Lipinski definition) is 3. The molecule has 0 aromatic heterocycles. The molecule has 0 atom stereocenters. The predicted octanol–water partition coefficient (Wildman–Crippen LogP) is 3.42. The Balaban J connectivity index is 0.000000338. The van der Waals surface area contributed by atoms with Crippen LogP contribution in [-0.2, 0) is 22.4 Å². The molecular weight excluding hydrogens is 274 g/mol. The van der Waals surface area contributed by atoms with E-state index in [0.717, 1.165) is 13.2 Å². The zero-order chi connectivity index (χ0) is 14.1. The standard InChI is InChI=1S/C11H14.C3H9NO.C2H4O.ClH/c1-9-5-4-7-10-6-2-3-8-11(9)10;1-4(2)5-3;1-2-3-1;/h4-5,7H,2-3,6,8H2,1H3;1-3H3;1-2H2;1H. The Kier molecular flexibility index (Phi) is 10.8. The molecule has 0 saturated carbocycles. The van der Waals surface area contributed by atoms with Crippen molar-refractivity contribution in [2.75, 3.05) is 34.4 Å². The van der Waals surface area contributed by atoms with E-state index >= 15 is 0 Å². The summed E-state index contributed by atoms with van der Waals surface area (Å²) < 4.78 is 4.50. The van der Waals surface area contributed by atoms with Gasteiger partial charge in [-0.15, -0.1) is 12.4 Å². The molecule has 1 saturated heterocycles. The summed E-state index contributed by atoms with van der Waals surface area (Å²) in [6.07, 6.45) is 5.38. The third kappa shape index (κ3) is 8.54. The van der Waals surface area contributed by atoms with Crippen LogP contribution in [0.4, 0.5) is 0 Å². The molecule has 3 nitrogen and oxygen atoms in total. The molecule has 1 aliphatic heterocycles. The van der Waals surface area contributed by atoms with Gasteiger partial charge in [0.2, 0.25) is 0 Å². The Hall–Kier alpha value is -0.610. The third-order valence-electron chi connectivity index (χ3n) is 3.20. The summed E-state index contributed by atoms with van der Waals surface area (Å²) in [5.74, 6) is 0. The molecule has 0 amide bonds. The lowest BCUT2D eigenvalue weighted by Gasteiger charge is -2.17. The highest BCUT2D eigenvalue weighted by Gasteiger charge is 2.09. The lowest BCUT2D eigenvalue weighted by atomic mass is 9.89. The van der Waals surface area contributed by atoms with Crippen LogP contribution in [0, 0.1) is 6.92 Å². The summed E-state index contributed by atoms with van der Waals surface area (Å²) >= 11 is 0. The number of halogens is 1. The topological polar surface area (TPSA) is 25.0 Å². The average Bonchev–Trinajstić information content (AvgIpc) is 3.28. The Bertz CT molecular complexity index is 365. The highest BCUT2D eigenvalue weighted by atomic mass is 35.5. The molecule has 116 valence electrons. The van der Waals surface area contributed by atoms with Gasteiger partial charge in [0, 0.05) is 14.1 Å². The highest BCUT2D eigenvalue weighted by molar-refractivity contribution is 5.85. The summed E-state index contributed by atoms with van der Waals surface area (Å²) in [6, 6.07) is 6.69. The number of hydrogen-bond donors (Lipinski definition) is 0. The van der Waals surface area contributed by atoms with Crippen molar-refractivity contribution in [3.63, 3.8) is 0 Å². The summed E-state index contributed by atoms with van der Waals surface area (Å²) in [6.45, 7) is 4.23. The van der Waals surface area contributed by atoms with Crippen molar-refractivity contribution in [1.82, 2.24) is 5.06 Å². The SMILES string of the molecule is C1CO1.CON(C)C.Cc1cccc2c1CCCC2.Cl. The lowest BCUT2D eigenvalue weighted by Crippen LogP contribution is -2.07. The van der Waals surface area contributed by atoms with Crippen LogP contribution >= 0.6 is 12.4 Å². The van der Waals surface area contributed by atoms with E-state index in [1.54, 1.807) is 23.3 Å². The van der Waals surface area contributed by atoms with Gasteiger partial charge >= 0.3 is 0 Å². The van der Waals surface area contributed by atoms with Gasteiger partial charge in [-0.05, 0) is 49.3 Å². The quantitative estimate of drug-likeness (QED) is 0.587. The second kappa shape index (κ2) is 11.1. The van der Waals surface area contributed by atoms with E-state index in [4.69, 9.17) is 0 Å². The van der Waals surface area contributed by atoms with Crippen molar-refractivity contribution < 1.29 is 9.57 Å². The first-order valence-electron chi connectivity index (χ1n) is 7.01. The van der Waals surface area contributed by atoms with E-state index in [2.05, 4.69) is 34.7 Å². The summed E-state index contributed by atoms with van der Waals surface area (Å²) in [5, 5.41) is 1.62. The van der Waals surface area contributed by atoms with Crippen LogP contribution in [-0.4, -0.2) is 39.5 Å². The summed E-state index contributed by atoms with van der Waals surface area (Å²) in [7, 11) is 5.29. The monoisotopic (exact) mass is 301 g/mol. The van der Waals surface area contributed by atoms with Gasteiger partial charge in [-0.2, -0.15) is 5.06 Å². The second-order valence-corrected chi connectivity index (χ2v) is 5.03. The molecule has 1 aromatic carbocycles. The van der Waals surface area contributed by atoms with Crippen molar-refractivity contribution in [2.24, 2.45) is 0 Å². The average molecular weight is 302 g/mol. The van der Waals surface area contributed by atoms with Gasteiger partial charge in [0.1, 0.15) is 0 Å². The molecule has 1 aromatic rings. The molecule has 0 spiro atoms. The van der Waals surface area contributed by atoms with Gasteiger partial charge in [0.15, 0.2) is 0 Å². The predicted molar refractivity (Wildman–Crippen MR) is 86.6 cm³/mol. The van der Waals surface area contributed by atoms with Gasteiger partial charge in [-0.3, -0.25) is 0 Å². The van der Waals surface area contributed by atoms with Crippen LogP contribution in [0.3, 0.4) is 0 Å². The number of ether oxygens (including phenoxy) is 1. The molecule has 1 aliphatic carbocycles. The number of epoxide rings is 1. The van der Waals surface area contributed by atoms with E-state index in [9.17, 15) is 0 Å². The van der Waals surface area contributed by atoms with E-state index in [-0.39, 0.29) is 12.4 Å². The zero-order valence-corrected chi connectivity index (χ0v) is 14.0. The molecule has 2 aliphatic rings. The van der Waals surface area contributed by atoms with Gasteiger partial charge in [-0.25, -0.2) is 0 Å². The van der Waals surface area contributed by atoms with Gasteiger partial charge < -0.3 is 9.57 Å². The zero-order valence-electron chi connectivity index (χ0n) is 13.1. The Morgan fingerprint density at radius 1 is 1.10 bits per heavy atom. The van der Waals surface area contributed by atoms with Crippen LogP contribution < -0.4 is 0 Å². The van der Waals surface area contributed by atoms with Crippen molar-refractivity contribution in [1.29, 1.82) is 0 Å². The van der Waals surface area contributed by atoms with E-state index in [0.29, 0.717) is 0 Å². The Morgan fingerprint density at radius 3 is 2.10 bits per heavy atom. The molecule has 1 fully saturated rings. The number of rotatable bonds is 1. The first-order valence-corrected chi connectivity index (χ1v) is 7.01. The van der Waals surface area contributed by atoms with Crippen molar-refractivity contribution in [2.45, 2.75) is 32.6 Å². The lowest BCUT2D eigenvalue weighted by molar-refractivity contribution is -0.0855. The van der Waals surface area contributed by atoms with Crippen LogP contribution in [0.2, 0.25) is 0 Å². The van der Waals surface area contributed by atoms with E-state index in [1.807, 2.05) is 14.1 Å². The molecule has 20 heavy (non-hydrogen) atoms. The van der Waals surface area contributed by atoms with E-state index < -0.39 is 0 Å². The minimum absolute atomic E-state index is 0. The van der Waals surface area contributed by atoms with Crippen molar-refractivity contribution in [3.8, 4) is 0 Å². The number of benzene rings is 1. The fraction of sp³-hybridized carbons (Fsp3) is 0.625. The Labute approximate surface area is 129 Å². The van der Waals surface area contributed by atoms with Gasteiger partial charge in [0.25, 0.3) is 0 Å². The van der Waals surface area contributed by atoms with E-state index in [1.165, 1.54) is 31.2 Å². The third-order valence-corrected chi connectivity index (χ3v) is 3.20. The fourth-order valence-corrected chi connectivity index (χ4v) is 1.97. The smallest absolute Gasteiger partial charge is 0.0701 e. The maximum absolute atomic E-state index is 4.58. The molecule has 0 unspecified atom stereocenters. The van der Waals surface area contributed by atoms with Crippen LogP contribution in [0.15, 0.2) is 18.2 Å². The Morgan fingerprint density at radius 2 is 1.65 bits per heavy atom. The first-order chi connectivity index (χ1) is 9.15. The van der Waals surface area contributed by atoms with Crippen LogP contribution in [0.25, 0.3) is 0 Å². The molecule has 0 radical (unpaired) electrons. The maximum atomic E-state index is 4.58. The molecule has 0 N–H and O–H groups in total. The summed E-state index contributed by atoms with van der Waals surface area (Å²) in [5.41, 5.74) is 4.71. The molecule has 4 heteroatoms. The molecule has 3 rings (SSSR count). The van der Waals surface area contributed by atoms with Crippen molar-refractivity contribution in [3.05, 3.63) is 34.9 Å². The first kappa shape index (κ1) is 19.4. The van der Waals surface area contributed by atoms with Gasteiger partial charge in [-0.1, -0.05) is 18.2 Å². The largest absolute Gasteiger partial charge is 0.377 e. The number of fused-ring (bicyclic) bond motifs is 1. The van der Waals surface area contributed by atoms with Gasteiger partial charge in [0.05, 0.1) is 20.3 Å². The maximum Gasteiger partial charge on any atom is 0.0701 e. The highest BCUT2D eigenvalue weighted by Crippen LogP contribution is 2.23. The minimum Gasteiger partial charge on any atom is -0.377 e. The minimum atomic E-state index is 0. The molecular formula is C16H28ClNO2. The summed E-state index contributed by atoms with van der Waals surface area (Å²) in [4.78, 5) is 4.58. The second-order valence-electron chi connectivity index (χ2n) is 5.03. The molecule has 1 heterocycles. The van der Waals surface area contributed by atoms with Crippen molar-refractivity contribution >= 4 is 12.4 Å². The number of hydroxylamine groups is 2. The normalized spacial score (nSPS) is 14.8. The number of nitrogens with zero attached hydrogens (tertiary/aromatic N) is 1.